The molecule has 4 heteroatoms. The Bertz CT molecular complexity index is 400. The number of hydrogen-bond acceptors (Lipinski definition) is 3. The van der Waals surface area contributed by atoms with E-state index in [1.54, 1.807) is 6.07 Å². The van der Waals surface area contributed by atoms with Gasteiger partial charge in [-0.15, -0.1) is 0 Å². The molecule has 0 N–H and O–H groups in total. The number of piperazine rings is 1. The smallest absolute Gasteiger partial charge is 0.252 e. The molecule has 0 aromatic heterocycles. The molecule has 0 radical (unpaired) electrons. The predicted molar refractivity (Wildman–Crippen MR) is 69.4 cm³/mol. The number of benzene rings is 1. The SMILES string of the molecule is CN1CCN(Cc2ccccc2C(=O)Cl)CC1. The molecule has 3 nitrogen and oxygen atoms in total. The number of carbonyl (C=O) groups excluding carboxylic acids is 1. The quantitative estimate of drug-likeness (QED) is 0.767. The third-order valence-corrected chi connectivity index (χ3v) is 3.42. The van der Waals surface area contributed by atoms with Gasteiger partial charge in [0.15, 0.2) is 0 Å². The number of halogens is 1. The molecule has 92 valence electrons. The Labute approximate surface area is 107 Å². The monoisotopic (exact) mass is 252 g/mol. The van der Waals surface area contributed by atoms with E-state index in [0.717, 1.165) is 38.3 Å². The topological polar surface area (TPSA) is 23.6 Å². The first-order valence-corrected chi connectivity index (χ1v) is 6.23. The normalized spacial score (nSPS) is 18.2. The second kappa shape index (κ2) is 5.63. The summed E-state index contributed by atoms with van der Waals surface area (Å²) in [6, 6.07) is 7.58. The second-order valence-corrected chi connectivity index (χ2v) is 4.85. The molecule has 1 aromatic rings. The summed E-state index contributed by atoms with van der Waals surface area (Å²) in [6.45, 7) is 5.05. The van der Waals surface area contributed by atoms with Gasteiger partial charge in [-0.05, 0) is 30.3 Å². The first-order valence-electron chi connectivity index (χ1n) is 5.85. The van der Waals surface area contributed by atoms with Crippen molar-refractivity contribution in [3.63, 3.8) is 0 Å². The van der Waals surface area contributed by atoms with Gasteiger partial charge >= 0.3 is 0 Å². The lowest BCUT2D eigenvalue weighted by Gasteiger charge is -2.32. The van der Waals surface area contributed by atoms with Gasteiger partial charge in [0.2, 0.25) is 0 Å². The Morgan fingerprint density at radius 3 is 2.53 bits per heavy atom. The largest absolute Gasteiger partial charge is 0.304 e. The summed E-state index contributed by atoms with van der Waals surface area (Å²) in [5.74, 6) is 0. The molecule has 0 amide bonds. The highest BCUT2D eigenvalue weighted by Crippen LogP contribution is 2.15. The first-order chi connectivity index (χ1) is 8.16. The van der Waals surface area contributed by atoms with Crippen LogP contribution in [0.4, 0.5) is 0 Å². The van der Waals surface area contributed by atoms with E-state index in [9.17, 15) is 4.79 Å². The average molecular weight is 253 g/mol. The van der Waals surface area contributed by atoms with Gasteiger partial charge in [0, 0.05) is 38.3 Å². The van der Waals surface area contributed by atoms with Gasteiger partial charge in [-0.2, -0.15) is 0 Å². The predicted octanol–water partition coefficient (Wildman–Crippen LogP) is 1.81. The Kier molecular flexibility index (Phi) is 4.15. The number of rotatable bonds is 3. The minimum Gasteiger partial charge on any atom is -0.304 e. The molecule has 1 aliphatic rings. The van der Waals surface area contributed by atoms with Crippen LogP contribution in [0, 0.1) is 0 Å². The summed E-state index contributed by atoms with van der Waals surface area (Å²) in [6.07, 6.45) is 0. The molecule has 1 aliphatic heterocycles. The summed E-state index contributed by atoms with van der Waals surface area (Å²) in [5.41, 5.74) is 1.66. The standard InChI is InChI=1S/C13H17ClN2O/c1-15-6-8-16(9-7-15)10-11-4-2-3-5-12(11)13(14)17/h2-5H,6-10H2,1H3. The maximum Gasteiger partial charge on any atom is 0.252 e. The molecule has 1 fully saturated rings. The van der Waals surface area contributed by atoms with Crippen molar-refractivity contribution in [3.05, 3.63) is 35.4 Å². The molecule has 0 saturated carbocycles. The summed E-state index contributed by atoms with van der Waals surface area (Å²) < 4.78 is 0. The molecule has 2 rings (SSSR count). The molecule has 0 unspecified atom stereocenters. The minimum atomic E-state index is -0.366. The first kappa shape index (κ1) is 12.6. The van der Waals surface area contributed by atoms with Crippen LogP contribution in [0.5, 0.6) is 0 Å². The lowest BCUT2D eigenvalue weighted by atomic mass is 10.1. The summed E-state index contributed by atoms with van der Waals surface area (Å²) in [4.78, 5) is 16.0. The third kappa shape index (κ3) is 3.28. The highest BCUT2D eigenvalue weighted by Gasteiger charge is 2.16. The molecule has 0 atom stereocenters. The lowest BCUT2D eigenvalue weighted by Crippen LogP contribution is -2.44. The summed E-state index contributed by atoms with van der Waals surface area (Å²) in [7, 11) is 2.13. The summed E-state index contributed by atoms with van der Waals surface area (Å²) >= 11 is 5.58. The van der Waals surface area contributed by atoms with E-state index in [1.807, 2.05) is 18.2 Å². The molecule has 0 spiro atoms. The van der Waals surface area contributed by atoms with Crippen LogP contribution >= 0.6 is 11.6 Å². The molecule has 1 aromatic carbocycles. The molecule has 1 saturated heterocycles. The van der Waals surface area contributed by atoms with Crippen molar-refractivity contribution in [1.29, 1.82) is 0 Å². The molecule has 1 heterocycles. The van der Waals surface area contributed by atoms with Crippen LogP contribution in [-0.2, 0) is 6.54 Å². The fraction of sp³-hybridized carbons (Fsp3) is 0.462. The van der Waals surface area contributed by atoms with Crippen molar-refractivity contribution in [3.8, 4) is 0 Å². The highest BCUT2D eigenvalue weighted by molar-refractivity contribution is 6.67. The zero-order valence-electron chi connectivity index (χ0n) is 10.0. The Hall–Kier alpha value is -0.900. The lowest BCUT2D eigenvalue weighted by molar-refractivity contribution is 0.107. The van der Waals surface area contributed by atoms with Gasteiger partial charge in [0.25, 0.3) is 5.24 Å². The van der Waals surface area contributed by atoms with Crippen molar-refractivity contribution >= 4 is 16.8 Å². The molecule has 17 heavy (non-hydrogen) atoms. The summed E-state index contributed by atoms with van der Waals surface area (Å²) in [5, 5.41) is -0.366. The maximum atomic E-state index is 11.3. The average Bonchev–Trinajstić information content (AvgIpc) is 2.32. The van der Waals surface area contributed by atoms with Crippen molar-refractivity contribution in [1.82, 2.24) is 9.80 Å². The zero-order valence-corrected chi connectivity index (χ0v) is 10.8. The number of likely N-dealkylation sites (N-methyl/N-ethyl adjacent to an activating group) is 1. The molecular formula is C13H17ClN2O. The third-order valence-electron chi connectivity index (χ3n) is 3.22. The number of nitrogens with zero attached hydrogens (tertiary/aromatic N) is 2. The fourth-order valence-corrected chi connectivity index (χ4v) is 2.28. The molecular weight excluding hydrogens is 236 g/mol. The molecule has 0 bridgehead atoms. The van der Waals surface area contributed by atoms with Gasteiger partial charge in [-0.3, -0.25) is 9.69 Å². The van der Waals surface area contributed by atoms with E-state index in [4.69, 9.17) is 11.6 Å². The van der Waals surface area contributed by atoms with Crippen LogP contribution in [-0.4, -0.2) is 48.3 Å². The molecule has 0 aliphatic carbocycles. The van der Waals surface area contributed by atoms with E-state index in [-0.39, 0.29) is 5.24 Å². The number of hydrogen-bond donors (Lipinski definition) is 0. The Balaban J connectivity index is 2.05. The van der Waals surface area contributed by atoms with E-state index < -0.39 is 0 Å². The van der Waals surface area contributed by atoms with Crippen LogP contribution in [0.15, 0.2) is 24.3 Å². The van der Waals surface area contributed by atoms with Crippen molar-refractivity contribution < 1.29 is 4.79 Å². The van der Waals surface area contributed by atoms with E-state index in [1.165, 1.54) is 0 Å². The van der Waals surface area contributed by atoms with Crippen LogP contribution in [0.2, 0.25) is 0 Å². The Morgan fingerprint density at radius 1 is 1.24 bits per heavy atom. The van der Waals surface area contributed by atoms with Crippen LogP contribution in [0.1, 0.15) is 15.9 Å². The van der Waals surface area contributed by atoms with E-state index in [2.05, 4.69) is 16.8 Å². The van der Waals surface area contributed by atoms with Gasteiger partial charge in [0.05, 0.1) is 0 Å². The second-order valence-electron chi connectivity index (χ2n) is 4.51. The van der Waals surface area contributed by atoms with E-state index in [0.29, 0.717) is 5.56 Å². The van der Waals surface area contributed by atoms with Crippen molar-refractivity contribution in [2.75, 3.05) is 33.2 Å². The van der Waals surface area contributed by atoms with Gasteiger partial charge in [0.1, 0.15) is 0 Å². The van der Waals surface area contributed by atoms with Crippen molar-refractivity contribution in [2.24, 2.45) is 0 Å². The van der Waals surface area contributed by atoms with Crippen molar-refractivity contribution in [2.45, 2.75) is 6.54 Å². The fourth-order valence-electron chi connectivity index (χ4n) is 2.10. The van der Waals surface area contributed by atoms with Crippen LogP contribution < -0.4 is 0 Å². The van der Waals surface area contributed by atoms with Gasteiger partial charge in [-0.1, -0.05) is 18.2 Å². The van der Waals surface area contributed by atoms with Gasteiger partial charge in [-0.25, -0.2) is 0 Å². The highest BCUT2D eigenvalue weighted by atomic mass is 35.5. The van der Waals surface area contributed by atoms with E-state index >= 15 is 0 Å². The Morgan fingerprint density at radius 2 is 1.88 bits per heavy atom. The maximum absolute atomic E-state index is 11.3. The number of carbonyl (C=O) groups is 1. The van der Waals surface area contributed by atoms with Gasteiger partial charge < -0.3 is 4.90 Å². The zero-order chi connectivity index (χ0) is 12.3. The van der Waals surface area contributed by atoms with Crippen LogP contribution in [0.25, 0.3) is 0 Å². The minimum absolute atomic E-state index is 0.366. The van der Waals surface area contributed by atoms with Crippen LogP contribution in [0.3, 0.4) is 0 Å².